The maximum atomic E-state index is 13.5. The smallest absolute Gasteiger partial charge is 0.338 e. The van der Waals surface area contributed by atoms with Crippen LogP contribution in [-0.4, -0.2) is 35.1 Å². The Morgan fingerprint density at radius 1 is 1.43 bits per heavy atom. The van der Waals surface area contributed by atoms with Crippen LogP contribution in [0.3, 0.4) is 0 Å². The minimum atomic E-state index is -1.46. The summed E-state index contributed by atoms with van der Waals surface area (Å²) < 4.78 is 13.5. The number of halogens is 1. The highest BCUT2D eigenvalue weighted by Crippen LogP contribution is 2.28. The summed E-state index contributed by atoms with van der Waals surface area (Å²) in [5.41, 5.74) is -1.03. The maximum absolute atomic E-state index is 13.5. The van der Waals surface area contributed by atoms with Crippen molar-refractivity contribution in [3.05, 3.63) is 33.6 Å². The van der Waals surface area contributed by atoms with Crippen molar-refractivity contribution in [2.24, 2.45) is 0 Å². The lowest BCUT2D eigenvalue weighted by molar-refractivity contribution is -0.384. The topological polar surface area (TPSA) is 104 Å². The predicted octanol–water partition coefficient (Wildman–Crippen LogP) is 1.99. The summed E-state index contributed by atoms with van der Waals surface area (Å²) in [5, 5.41) is 25.8. The molecule has 0 aromatic heterocycles. The summed E-state index contributed by atoms with van der Waals surface area (Å²) in [5.74, 6) is -2.57. The second-order valence-electron chi connectivity index (χ2n) is 4.92. The average molecular weight is 297 g/mol. The minimum absolute atomic E-state index is 0.0187. The number of hydrogen-bond acceptors (Lipinski definition) is 5. The van der Waals surface area contributed by atoms with Crippen molar-refractivity contribution in [2.45, 2.75) is 25.3 Å². The van der Waals surface area contributed by atoms with Gasteiger partial charge in [-0.1, -0.05) is 0 Å². The number of benzene rings is 1. The molecule has 1 fully saturated rings. The fourth-order valence-corrected chi connectivity index (χ4v) is 1.92. The average Bonchev–Trinajstić information content (AvgIpc) is 3.23. The van der Waals surface area contributed by atoms with Gasteiger partial charge in [0.1, 0.15) is 11.5 Å². The number of anilines is 1. The molecule has 3 N–H and O–H groups in total. The number of hydrogen-bond donors (Lipinski definition) is 3. The van der Waals surface area contributed by atoms with E-state index in [0.29, 0.717) is 18.7 Å². The van der Waals surface area contributed by atoms with Crippen LogP contribution in [-0.2, 0) is 0 Å². The molecule has 0 spiro atoms. The van der Waals surface area contributed by atoms with Gasteiger partial charge in [-0.15, -0.1) is 0 Å². The number of carbonyl (C=O) groups is 1. The van der Waals surface area contributed by atoms with E-state index in [1.54, 1.807) is 0 Å². The van der Waals surface area contributed by atoms with Crippen molar-refractivity contribution in [3.8, 4) is 0 Å². The molecular weight excluding hydrogens is 281 g/mol. The Bertz CT molecular complexity index is 561. The molecule has 0 unspecified atom stereocenters. The third kappa shape index (κ3) is 4.12. The summed E-state index contributed by atoms with van der Waals surface area (Å²) in [7, 11) is 0. The van der Waals surface area contributed by atoms with Gasteiger partial charge in [0.25, 0.3) is 5.69 Å². The van der Waals surface area contributed by atoms with E-state index < -0.39 is 28.0 Å². The molecule has 0 amide bonds. The van der Waals surface area contributed by atoms with E-state index in [4.69, 9.17) is 5.11 Å². The first-order valence-electron chi connectivity index (χ1n) is 6.67. The third-order valence-electron chi connectivity index (χ3n) is 3.19. The van der Waals surface area contributed by atoms with E-state index >= 15 is 0 Å². The lowest BCUT2D eigenvalue weighted by atomic mass is 10.1. The first-order valence-corrected chi connectivity index (χ1v) is 6.67. The van der Waals surface area contributed by atoms with Crippen LogP contribution in [0.5, 0.6) is 0 Å². The summed E-state index contributed by atoms with van der Waals surface area (Å²) in [4.78, 5) is 21.0. The molecule has 7 nitrogen and oxygen atoms in total. The van der Waals surface area contributed by atoms with E-state index in [1.165, 1.54) is 12.8 Å². The molecule has 0 heterocycles. The van der Waals surface area contributed by atoms with Gasteiger partial charge in [-0.3, -0.25) is 10.1 Å². The van der Waals surface area contributed by atoms with Crippen LogP contribution in [0.1, 0.15) is 29.6 Å². The standard InChI is InChI=1S/C13H16FN3O4/c14-10-7-12(17(20)21)11(6-9(10)13(18)19)16-5-1-4-15-8-2-3-8/h6-8,15-16H,1-5H2,(H,18,19). The Morgan fingerprint density at radius 2 is 2.14 bits per heavy atom. The Morgan fingerprint density at radius 3 is 2.71 bits per heavy atom. The highest BCUT2D eigenvalue weighted by molar-refractivity contribution is 5.90. The molecule has 0 radical (unpaired) electrons. The summed E-state index contributed by atoms with van der Waals surface area (Å²) in [6.45, 7) is 1.21. The zero-order chi connectivity index (χ0) is 15.4. The molecule has 1 aliphatic carbocycles. The fraction of sp³-hybridized carbons (Fsp3) is 0.462. The number of nitrogens with one attached hydrogen (secondary N) is 2. The van der Waals surface area contributed by atoms with Gasteiger partial charge in [0.2, 0.25) is 0 Å². The fourth-order valence-electron chi connectivity index (χ4n) is 1.92. The largest absolute Gasteiger partial charge is 0.478 e. The van der Waals surface area contributed by atoms with E-state index in [2.05, 4.69) is 10.6 Å². The maximum Gasteiger partial charge on any atom is 0.338 e. The van der Waals surface area contributed by atoms with Crippen molar-refractivity contribution >= 4 is 17.3 Å². The molecule has 1 aromatic rings. The van der Waals surface area contributed by atoms with Crippen molar-refractivity contribution in [1.29, 1.82) is 0 Å². The molecule has 8 heteroatoms. The van der Waals surface area contributed by atoms with Crippen LogP contribution in [0.15, 0.2) is 12.1 Å². The molecule has 0 saturated heterocycles. The van der Waals surface area contributed by atoms with Gasteiger partial charge >= 0.3 is 5.97 Å². The summed E-state index contributed by atoms with van der Waals surface area (Å²) >= 11 is 0. The number of nitrogens with zero attached hydrogens (tertiary/aromatic N) is 1. The van der Waals surface area contributed by atoms with Crippen LogP contribution in [0, 0.1) is 15.9 Å². The zero-order valence-corrected chi connectivity index (χ0v) is 11.3. The molecular formula is C13H16FN3O4. The van der Waals surface area contributed by atoms with Gasteiger partial charge < -0.3 is 15.7 Å². The predicted molar refractivity (Wildman–Crippen MR) is 74.1 cm³/mol. The molecule has 1 saturated carbocycles. The molecule has 1 aliphatic rings. The minimum Gasteiger partial charge on any atom is -0.478 e. The second kappa shape index (κ2) is 6.49. The quantitative estimate of drug-likeness (QED) is 0.385. The van der Waals surface area contributed by atoms with Gasteiger partial charge in [-0.05, 0) is 31.9 Å². The van der Waals surface area contributed by atoms with Crippen molar-refractivity contribution in [2.75, 3.05) is 18.4 Å². The van der Waals surface area contributed by atoms with Crippen LogP contribution < -0.4 is 10.6 Å². The molecule has 1 aromatic carbocycles. The normalized spacial score (nSPS) is 14.0. The molecule has 114 valence electrons. The molecule has 21 heavy (non-hydrogen) atoms. The number of carboxylic acid groups (broad SMARTS) is 1. The number of rotatable bonds is 8. The van der Waals surface area contributed by atoms with Gasteiger partial charge in [-0.2, -0.15) is 0 Å². The van der Waals surface area contributed by atoms with E-state index in [-0.39, 0.29) is 5.69 Å². The van der Waals surface area contributed by atoms with Crippen LogP contribution in [0.25, 0.3) is 0 Å². The van der Waals surface area contributed by atoms with Crippen molar-refractivity contribution in [1.82, 2.24) is 5.32 Å². The van der Waals surface area contributed by atoms with Crippen molar-refractivity contribution < 1.29 is 19.2 Å². The Labute approximate surface area is 120 Å². The van der Waals surface area contributed by atoms with Gasteiger partial charge in [0.15, 0.2) is 0 Å². The van der Waals surface area contributed by atoms with Crippen LogP contribution >= 0.6 is 0 Å². The van der Waals surface area contributed by atoms with Gasteiger partial charge in [0.05, 0.1) is 16.6 Å². The first kappa shape index (κ1) is 15.2. The first-order chi connectivity index (χ1) is 9.99. The van der Waals surface area contributed by atoms with E-state index in [9.17, 15) is 19.3 Å². The Kier molecular flexibility index (Phi) is 4.69. The van der Waals surface area contributed by atoms with Crippen LogP contribution in [0.2, 0.25) is 0 Å². The molecule has 0 bridgehead atoms. The highest BCUT2D eigenvalue weighted by atomic mass is 19.1. The van der Waals surface area contributed by atoms with E-state index in [0.717, 1.165) is 19.0 Å². The Hall–Kier alpha value is -2.22. The second-order valence-corrected chi connectivity index (χ2v) is 4.92. The zero-order valence-electron chi connectivity index (χ0n) is 11.3. The summed E-state index contributed by atoms with van der Waals surface area (Å²) in [6.07, 6.45) is 3.09. The monoisotopic (exact) mass is 297 g/mol. The lowest BCUT2D eigenvalue weighted by Gasteiger charge is -2.09. The summed E-state index contributed by atoms with van der Waals surface area (Å²) in [6, 6.07) is 2.18. The highest BCUT2D eigenvalue weighted by Gasteiger charge is 2.22. The molecule has 2 rings (SSSR count). The lowest BCUT2D eigenvalue weighted by Crippen LogP contribution is -2.20. The van der Waals surface area contributed by atoms with Gasteiger partial charge in [0, 0.05) is 12.6 Å². The van der Waals surface area contributed by atoms with Crippen molar-refractivity contribution in [3.63, 3.8) is 0 Å². The number of carboxylic acids is 1. The third-order valence-corrected chi connectivity index (χ3v) is 3.19. The molecule has 0 aliphatic heterocycles. The number of nitro groups is 1. The van der Waals surface area contributed by atoms with Crippen LogP contribution in [0.4, 0.5) is 15.8 Å². The van der Waals surface area contributed by atoms with Gasteiger partial charge in [-0.25, -0.2) is 9.18 Å². The Balaban J connectivity index is 2.02. The van der Waals surface area contributed by atoms with E-state index in [1.807, 2.05) is 0 Å². The SMILES string of the molecule is O=C(O)c1cc(NCCCNC2CC2)c([N+](=O)[O-])cc1F. The number of nitro benzene ring substituents is 1. The molecule has 0 atom stereocenters. The number of aromatic carboxylic acids is 1.